The number of aryl methyl sites for hydroxylation is 1. The van der Waals surface area contributed by atoms with Gasteiger partial charge in [-0.25, -0.2) is 19.6 Å². The van der Waals surface area contributed by atoms with Gasteiger partial charge >= 0.3 is 11.9 Å². The van der Waals surface area contributed by atoms with Crippen molar-refractivity contribution < 1.29 is 19.8 Å². The Hall–Kier alpha value is -4.46. The molecule has 0 saturated heterocycles. The van der Waals surface area contributed by atoms with Gasteiger partial charge in [-0.05, 0) is 61.0 Å². The first kappa shape index (κ1) is 19.8. The fraction of sp³-hybridized carbons (Fsp3) is 0.0435. The maximum Gasteiger partial charge on any atom is 0.335 e. The summed E-state index contributed by atoms with van der Waals surface area (Å²) in [4.78, 5) is 40.6. The largest absolute Gasteiger partial charge is 0.478 e. The highest BCUT2D eigenvalue weighted by atomic mass is 16.4. The second kappa shape index (κ2) is 8.11. The molecule has 0 atom stereocenters. The SMILES string of the molecule is Cc1ccnc(-c2cccc(-c3cc(C(=O)O)cc(-c4cc(C(=O)O)ccn4)n3)n2)c1. The van der Waals surface area contributed by atoms with E-state index in [0.717, 1.165) is 5.56 Å². The minimum atomic E-state index is -1.14. The van der Waals surface area contributed by atoms with Gasteiger partial charge in [-0.1, -0.05) is 6.07 Å². The van der Waals surface area contributed by atoms with E-state index in [4.69, 9.17) is 0 Å². The zero-order valence-corrected chi connectivity index (χ0v) is 16.4. The summed E-state index contributed by atoms with van der Waals surface area (Å²) in [5, 5.41) is 18.8. The van der Waals surface area contributed by atoms with Gasteiger partial charge in [0.15, 0.2) is 0 Å². The molecule has 4 aromatic heterocycles. The van der Waals surface area contributed by atoms with Crippen LogP contribution < -0.4 is 0 Å². The van der Waals surface area contributed by atoms with Gasteiger partial charge in [0.2, 0.25) is 0 Å². The molecule has 0 fully saturated rings. The van der Waals surface area contributed by atoms with E-state index in [0.29, 0.717) is 22.8 Å². The van der Waals surface area contributed by atoms with E-state index >= 15 is 0 Å². The topological polar surface area (TPSA) is 126 Å². The average molecular weight is 412 g/mol. The van der Waals surface area contributed by atoms with E-state index in [1.54, 1.807) is 18.3 Å². The molecule has 31 heavy (non-hydrogen) atoms. The Balaban J connectivity index is 1.84. The molecule has 0 saturated carbocycles. The number of nitrogens with zero attached hydrogens (tertiary/aromatic N) is 4. The Labute approximate surface area is 176 Å². The summed E-state index contributed by atoms with van der Waals surface area (Å²) in [6.45, 7) is 1.96. The van der Waals surface area contributed by atoms with Gasteiger partial charge in [0.05, 0.1) is 45.3 Å². The van der Waals surface area contributed by atoms with Crippen LogP contribution in [0.25, 0.3) is 34.2 Å². The molecule has 0 aliphatic heterocycles. The second-order valence-electron chi connectivity index (χ2n) is 6.79. The molecule has 0 unspecified atom stereocenters. The van der Waals surface area contributed by atoms with Crippen molar-refractivity contribution in [2.75, 3.05) is 0 Å². The molecule has 0 aliphatic rings. The lowest BCUT2D eigenvalue weighted by Crippen LogP contribution is -2.02. The highest BCUT2D eigenvalue weighted by molar-refractivity contribution is 5.91. The molecule has 0 bridgehead atoms. The molecule has 2 N–H and O–H groups in total. The van der Waals surface area contributed by atoms with Crippen LogP contribution in [0.2, 0.25) is 0 Å². The van der Waals surface area contributed by atoms with Crippen LogP contribution in [0.4, 0.5) is 0 Å². The van der Waals surface area contributed by atoms with Gasteiger partial charge in [-0.2, -0.15) is 0 Å². The van der Waals surface area contributed by atoms with Gasteiger partial charge < -0.3 is 10.2 Å². The van der Waals surface area contributed by atoms with Gasteiger partial charge in [0.25, 0.3) is 0 Å². The molecule has 0 aromatic carbocycles. The van der Waals surface area contributed by atoms with Crippen molar-refractivity contribution in [3.63, 3.8) is 0 Å². The van der Waals surface area contributed by atoms with Gasteiger partial charge in [0, 0.05) is 12.4 Å². The maximum absolute atomic E-state index is 11.7. The molecule has 0 spiro atoms. The van der Waals surface area contributed by atoms with E-state index in [-0.39, 0.29) is 22.5 Å². The molecule has 0 amide bonds. The standard InChI is InChI=1S/C23H16N4O4/c1-13-5-7-24-18(9-13)16-3-2-4-17(26-16)20-11-15(23(30)31)12-21(27-20)19-10-14(22(28)29)6-8-25-19/h2-12H,1H3,(H,28,29)(H,30,31). The first-order valence-electron chi connectivity index (χ1n) is 9.26. The third-order valence-electron chi connectivity index (χ3n) is 4.53. The summed E-state index contributed by atoms with van der Waals surface area (Å²) in [6.07, 6.45) is 3.04. The minimum absolute atomic E-state index is 0.0107. The summed E-state index contributed by atoms with van der Waals surface area (Å²) >= 11 is 0. The number of rotatable bonds is 5. The van der Waals surface area contributed by atoms with E-state index in [9.17, 15) is 19.8 Å². The van der Waals surface area contributed by atoms with Gasteiger partial charge in [0.1, 0.15) is 0 Å². The summed E-state index contributed by atoms with van der Waals surface area (Å²) < 4.78 is 0. The van der Waals surface area contributed by atoms with E-state index in [2.05, 4.69) is 19.9 Å². The van der Waals surface area contributed by atoms with Crippen molar-refractivity contribution >= 4 is 11.9 Å². The Kier molecular flexibility index (Phi) is 5.19. The van der Waals surface area contributed by atoms with Crippen LogP contribution in [-0.2, 0) is 0 Å². The number of hydrogen-bond donors (Lipinski definition) is 2. The third-order valence-corrected chi connectivity index (χ3v) is 4.53. The fourth-order valence-corrected chi connectivity index (χ4v) is 3.02. The van der Waals surface area contributed by atoms with Crippen LogP contribution in [0.3, 0.4) is 0 Å². The number of aromatic carboxylic acids is 2. The number of carbonyl (C=O) groups is 2. The second-order valence-corrected chi connectivity index (χ2v) is 6.79. The Bertz CT molecular complexity index is 1320. The molecule has 0 aliphatic carbocycles. The molecular weight excluding hydrogens is 396 g/mol. The van der Waals surface area contributed by atoms with Crippen LogP contribution in [0.1, 0.15) is 26.3 Å². The summed E-state index contributed by atoms with van der Waals surface area (Å²) in [6, 6.07) is 14.6. The van der Waals surface area contributed by atoms with Crippen LogP contribution in [-0.4, -0.2) is 42.1 Å². The third kappa shape index (κ3) is 4.27. The average Bonchev–Trinajstić information content (AvgIpc) is 2.79. The molecule has 4 aromatic rings. The number of hydrogen-bond acceptors (Lipinski definition) is 6. The number of pyridine rings is 4. The molecule has 0 radical (unpaired) electrons. The lowest BCUT2D eigenvalue weighted by atomic mass is 10.1. The molecule has 8 nitrogen and oxygen atoms in total. The van der Waals surface area contributed by atoms with E-state index in [1.807, 2.05) is 25.1 Å². The highest BCUT2D eigenvalue weighted by Crippen LogP contribution is 2.25. The molecule has 4 rings (SSSR count). The van der Waals surface area contributed by atoms with Crippen molar-refractivity contribution in [1.29, 1.82) is 0 Å². The smallest absolute Gasteiger partial charge is 0.335 e. The lowest BCUT2D eigenvalue weighted by Gasteiger charge is -2.09. The van der Waals surface area contributed by atoms with Crippen molar-refractivity contribution in [2.24, 2.45) is 0 Å². The zero-order chi connectivity index (χ0) is 22.0. The van der Waals surface area contributed by atoms with Crippen molar-refractivity contribution in [3.05, 3.63) is 83.7 Å². The Morgan fingerprint density at radius 3 is 1.81 bits per heavy atom. The quantitative estimate of drug-likeness (QED) is 0.504. The predicted molar refractivity (Wildman–Crippen MR) is 113 cm³/mol. The van der Waals surface area contributed by atoms with Crippen LogP contribution in [0.5, 0.6) is 0 Å². The van der Waals surface area contributed by atoms with Gasteiger partial charge in [-0.15, -0.1) is 0 Å². The molecule has 4 heterocycles. The van der Waals surface area contributed by atoms with Crippen molar-refractivity contribution in [3.8, 4) is 34.2 Å². The fourth-order valence-electron chi connectivity index (χ4n) is 3.02. The lowest BCUT2D eigenvalue weighted by molar-refractivity contribution is 0.0686. The van der Waals surface area contributed by atoms with Gasteiger partial charge in [-0.3, -0.25) is 9.97 Å². The Morgan fingerprint density at radius 1 is 0.645 bits per heavy atom. The van der Waals surface area contributed by atoms with Crippen molar-refractivity contribution in [2.45, 2.75) is 6.92 Å². The van der Waals surface area contributed by atoms with Crippen LogP contribution in [0.15, 0.2) is 67.0 Å². The number of carboxylic acid groups (broad SMARTS) is 2. The maximum atomic E-state index is 11.7. The predicted octanol–water partition coefficient (Wildman–Crippen LogP) is 3.97. The highest BCUT2D eigenvalue weighted by Gasteiger charge is 2.15. The van der Waals surface area contributed by atoms with E-state index < -0.39 is 11.9 Å². The monoisotopic (exact) mass is 412 g/mol. The Morgan fingerprint density at radius 2 is 1.16 bits per heavy atom. The molecule has 152 valence electrons. The first-order valence-corrected chi connectivity index (χ1v) is 9.26. The summed E-state index contributed by atoms with van der Waals surface area (Å²) in [5.41, 5.74) is 3.63. The molecular formula is C23H16N4O4. The summed E-state index contributed by atoms with van der Waals surface area (Å²) in [7, 11) is 0. The van der Waals surface area contributed by atoms with E-state index in [1.165, 1.54) is 30.5 Å². The summed E-state index contributed by atoms with van der Waals surface area (Å²) in [5.74, 6) is -2.26. The minimum Gasteiger partial charge on any atom is -0.478 e. The number of aromatic nitrogens is 4. The number of carboxylic acids is 2. The normalized spacial score (nSPS) is 10.6. The van der Waals surface area contributed by atoms with Crippen molar-refractivity contribution in [1.82, 2.24) is 19.9 Å². The first-order chi connectivity index (χ1) is 14.9. The zero-order valence-electron chi connectivity index (χ0n) is 16.4. The van der Waals surface area contributed by atoms with Crippen LogP contribution in [0, 0.1) is 6.92 Å². The molecule has 8 heteroatoms. The van der Waals surface area contributed by atoms with Crippen LogP contribution >= 0.6 is 0 Å².